The molecule has 0 aliphatic heterocycles. The van der Waals surface area contributed by atoms with E-state index >= 15 is 0 Å². The fourth-order valence-corrected chi connectivity index (χ4v) is 12.2. The van der Waals surface area contributed by atoms with E-state index < -0.39 is 26.5 Å². The molecule has 0 saturated carbocycles. The van der Waals surface area contributed by atoms with Crippen molar-refractivity contribution in [2.24, 2.45) is 0 Å². The zero-order valence-electron chi connectivity index (χ0n) is 66.5. The molecule has 0 aromatic carbocycles. The first kappa shape index (κ1) is 97.4. The van der Waals surface area contributed by atoms with E-state index in [-0.39, 0.29) is 32.0 Å². The zero-order chi connectivity index (χ0) is 74.0. The number of likely N-dealkylation sites (N-methyl/N-ethyl adjacent to an activating group) is 1. The lowest BCUT2D eigenvalue weighted by Gasteiger charge is -2.28. The number of phosphoric ester groups is 1. The van der Waals surface area contributed by atoms with Crippen LogP contribution in [-0.4, -0.2) is 70.0 Å². The maximum atomic E-state index is 12.9. The molecule has 9 nitrogen and oxygen atoms in total. The van der Waals surface area contributed by atoms with Crippen molar-refractivity contribution in [2.45, 2.75) is 354 Å². The van der Waals surface area contributed by atoms with Crippen molar-refractivity contribution >= 4 is 19.8 Å². The highest BCUT2D eigenvalue weighted by atomic mass is 31.2. The highest BCUT2D eigenvalue weighted by molar-refractivity contribution is 7.45. The summed E-state index contributed by atoms with van der Waals surface area (Å²) in [6.07, 6.45) is 122. The maximum absolute atomic E-state index is 12.9. The van der Waals surface area contributed by atoms with Gasteiger partial charge in [-0.2, -0.15) is 0 Å². The molecule has 0 aromatic rings. The van der Waals surface area contributed by atoms with E-state index in [9.17, 15) is 19.0 Å². The van der Waals surface area contributed by atoms with Gasteiger partial charge < -0.3 is 27.9 Å². The van der Waals surface area contributed by atoms with E-state index in [4.69, 9.17) is 18.5 Å². The first-order valence-corrected chi connectivity index (χ1v) is 43.3. The molecule has 0 bridgehead atoms. The molecule has 0 spiro atoms. The molecule has 582 valence electrons. The number of ether oxygens (including phenoxy) is 2. The number of quaternary nitrogens is 1. The van der Waals surface area contributed by atoms with Crippen LogP contribution in [0.5, 0.6) is 0 Å². The lowest BCUT2D eigenvalue weighted by molar-refractivity contribution is -0.870. The molecule has 0 rings (SSSR count). The van der Waals surface area contributed by atoms with Crippen molar-refractivity contribution < 1.29 is 42.1 Å². The zero-order valence-corrected chi connectivity index (χ0v) is 67.4. The Balaban J connectivity index is 3.99. The predicted molar refractivity (Wildman–Crippen MR) is 443 cm³/mol. The second-order valence-corrected chi connectivity index (χ2v) is 30.1. The Morgan fingerprint density at radius 3 is 0.784 bits per heavy atom. The van der Waals surface area contributed by atoms with Crippen LogP contribution in [0.15, 0.2) is 170 Å². The molecule has 10 heteroatoms. The Morgan fingerprint density at radius 1 is 0.304 bits per heavy atom. The third kappa shape index (κ3) is 84.3. The lowest BCUT2D eigenvalue weighted by Crippen LogP contribution is -2.37. The number of esters is 2. The molecule has 0 saturated heterocycles. The van der Waals surface area contributed by atoms with Crippen molar-refractivity contribution in [3.05, 3.63) is 170 Å². The molecular weight excluding hydrogens is 1280 g/mol. The molecule has 0 aliphatic rings. The number of carbonyl (C=O) groups excluding carboxylic acids is 2. The molecule has 0 aromatic heterocycles. The summed E-state index contributed by atoms with van der Waals surface area (Å²) in [6, 6.07) is 0. The van der Waals surface area contributed by atoms with Crippen LogP contribution in [0.2, 0.25) is 0 Å². The number of hydrogen-bond donors (Lipinski definition) is 0. The average Bonchev–Trinajstić information content (AvgIpc) is 0.916. The molecule has 0 heterocycles. The van der Waals surface area contributed by atoms with Crippen LogP contribution in [0.3, 0.4) is 0 Å². The van der Waals surface area contributed by atoms with Crippen LogP contribution in [0.25, 0.3) is 0 Å². The Labute approximate surface area is 629 Å². The third-order valence-electron chi connectivity index (χ3n) is 17.7. The van der Waals surface area contributed by atoms with Crippen LogP contribution < -0.4 is 4.89 Å². The molecule has 0 amide bonds. The molecule has 0 fully saturated rings. The number of carbonyl (C=O) groups is 2. The Morgan fingerprint density at radius 2 is 0.529 bits per heavy atom. The normalized spacial score (nSPS) is 13.9. The fourth-order valence-electron chi connectivity index (χ4n) is 11.4. The molecule has 0 aliphatic carbocycles. The smallest absolute Gasteiger partial charge is 0.306 e. The minimum atomic E-state index is -4.66. The number of phosphoric acid groups is 1. The van der Waals surface area contributed by atoms with Gasteiger partial charge in [-0.1, -0.05) is 377 Å². The van der Waals surface area contributed by atoms with Gasteiger partial charge in [0.05, 0.1) is 27.7 Å². The summed E-state index contributed by atoms with van der Waals surface area (Å²) in [5, 5.41) is 0. The van der Waals surface area contributed by atoms with Gasteiger partial charge >= 0.3 is 11.9 Å². The first-order valence-electron chi connectivity index (χ1n) is 41.8. The minimum Gasteiger partial charge on any atom is -0.756 e. The number of hydrogen-bond acceptors (Lipinski definition) is 8. The second-order valence-electron chi connectivity index (χ2n) is 28.7. The topological polar surface area (TPSA) is 111 Å². The quantitative estimate of drug-likeness (QED) is 0.0195. The summed E-state index contributed by atoms with van der Waals surface area (Å²) in [5.74, 6) is -0.833. The molecular formula is C92H156NO8P. The summed E-state index contributed by atoms with van der Waals surface area (Å²) >= 11 is 0. The number of nitrogens with zero attached hydrogens (tertiary/aromatic N) is 1. The van der Waals surface area contributed by atoms with Gasteiger partial charge in [-0.15, -0.1) is 0 Å². The van der Waals surface area contributed by atoms with Gasteiger partial charge in [0, 0.05) is 12.8 Å². The van der Waals surface area contributed by atoms with Crippen LogP contribution >= 0.6 is 7.82 Å². The summed E-state index contributed by atoms with van der Waals surface area (Å²) in [4.78, 5) is 38.2. The molecule has 2 atom stereocenters. The van der Waals surface area contributed by atoms with E-state index in [0.717, 1.165) is 135 Å². The number of unbranched alkanes of at least 4 members (excludes halogenated alkanes) is 34. The summed E-state index contributed by atoms with van der Waals surface area (Å²) < 4.78 is 34.4. The molecule has 2 unspecified atom stereocenters. The van der Waals surface area contributed by atoms with Crippen LogP contribution in [0, 0.1) is 0 Å². The van der Waals surface area contributed by atoms with E-state index in [0.29, 0.717) is 17.4 Å². The Hall–Kier alpha value is -4.63. The van der Waals surface area contributed by atoms with Crippen LogP contribution in [0.1, 0.15) is 348 Å². The first-order chi connectivity index (χ1) is 50.0. The van der Waals surface area contributed by atoms with Crippen molar-refractivity contribution in [2.75, 3.05) is 47.5 Å². The highest BCUT2D eigenvalue weighted by Gasteiger charge is 2.22. The van der Waals surface area contributed by atoms with E-state index in [1.165, 1.54) is 180 Å². The summed E-state index contributed by atoms with van der Waals surface area (Å²) in [5.41, 5.74) is 0. The van der Waals surface area contributed by atoms with E-state index in [1.807, 2.05) is 21.1 Å². The SMILES string of the molecule is CC/C=C\C/C=C\C/C=C\C/C=C\C/C=C\C/C=C\C/C=C\C/C=C\C/C=C\C/C=C\CCCCCCCCCCCCC(=O)OC(COC(=O)CCCCCCCCCCCCCCCCCCCCCCCCCC/C=C\C/C=C\C/C=C\C/C=C\CC)COP(=O)([O-])OCC[N+](C)(C)C. The van der Waals surface area contributed by atoms with Gasteiger partial charge in [-0.25, -0.2) is 0 Å². The standard InChI is InChI=1S/C92H156NO8P/c1-6-8-10-12-14-16-18-20-22-24-26-28-30-32-34-36-38-40-42-44-45-46-47-49-51-53-55-57-59-61-63-65-67-69-71-73-75-77-79-81-83-85-92(95)101-90(89-100-102(96,97)99-87-86-93(3,4)5)88-98-91(94)84-82-80-78-76-74-72-70-68-66-64-62-60-58-56-54-52-50-48-43-41-39-37-35-33-31-29-27-25-23-21-19-17-15-13-11-9-7-2/h8-11,14-17,20-23,26-29,32,34,38,40,44-45,47,49,53,55,59,61,90H,6-7,12-13,18-19,24-25,30-31,33,35-37,39,41-43,46,48,50-52,54,56-58,60,62-89H2,1-5H3/b10-8-,11-9-,16-14-,17-15-,22-20-,23-21-,28-26-,29-27-,34-32-,40-38-,45-44-,49-47-,55-53-,61-59-. The van der Waals surface area contributed by atoms with Gasteiger partial charge in [-0.3, -0.25) is 14.2 Å². The van der Waals surface area contributed by atoms with Gasteiger partial charge in [-0.05, 0) is 128 Å². The molecule has 0 radical (unpaired) electrons. The van der Waals surface area contributed by atoms with Gasteiger partial charge in [0.15, 0.2) is 6.10 Å². The van der Waals surface area contributed by atoms with Crippen molar-refractivity contribution in [1.82, 2.24) is 0 Å². The Kier molecular flexibility index (Phi) is 76.8. The van der Waals surface area contributed by atoms with Crippen LogP contribution in [-0.2, 0) is 32.7 Å². The van der Waals surface area contributed by atoms with E-state index in [1.54, 1.807) is 0 Å². The van der Waals surface area contributed by atoms with Gasteiger partial charge in [0.25, 0.3) is 7.82 Å². The number of allylic oxidation sites excluding steroid dienone is 28. The Bertz CT molecular complexity index is 2340. The van der Waals surface area contributed by atoms with Gasteiger partial charge in [0.1, 0.15) is 19.8 Å². The predicted octanol–water partition coefficient (Wildman–Crippen LogP) is 27.8. The number of rotatable bonds is 76. The fraction of sp³-hybridized carbons (Fsp3) is 0.674. The highest BCUT2D eigenvalue weighted by Crippen LogP contribution is 2.38. The second kappa shape index (κ2) is 80.5. The van der Waals surface area contributed by atoms with Crippen molar-refractivity contribution in [3.63, 3.8) is 0 Å². The van der Waals surface area contributed by atoms with Crippen LogP contribution in [0.4, 0.5) is 0 Å². The minimum absolute atomic E-state index is 0.0369. The van der Waals surface area contributed by atoms with Gasteiger partial charge in [0.2, 0.25) is 0 Å². The lowest BCUT2D eigenvalue weighted by atomic mass is 10.0. The van der Waals surface area contributed by atoms with Crippen molar-refractivity contribution in [3.8, 4) is 0 Å². The summed E-state index contributed by atoms with van der Waals surface area (Å²) in [6.45, 7) is 4.03. The van der Waals surface area contributed by atoms with Crippen molar-refractivity contribution in [1.29, 1.82) is 0 Å². The average molecular weight is 1440 g/mol. The monoisotopic (exact) mass is 1430 g/mol. The summed E-state index contributed by atoms with van der Waals surface area (Å²) in [7, 11) is 1.16. The largest absolute Gasteiger partial charge is 0.756 e. The molecule has 102 heavy (non-hydrogen) atoms. The molecule has 0 N–H and O–H groups in total. The third-order valence-corrected chi connectivity index (χ3v) is 18.7. The van der Waals surface area contributed by atoms with E-state index in [2.05, 4.69) is 184 Å². The maximum Gasteiger partial charge on any atom is 0.306 e.